The van der Waals surface area contributed by atoms with Crippen molar-refractivity contribution in [1.82, 2.24) is 0 Å². The van der Waals surface area contributed by atoms with E-state index in [-0.39, 0.29) is 13.2 Å². The molecule has 0 aliphatic carbocycles. The van der Waals surface area contributed by atoms with Gasteiger partial charge >= 0.3 is 0 Å². The van der Waals surface area contributed by atoms with Crippen LogP contribution in [0.1, 0.15) is 17.2 Å². The van der Waals surface area contributed by atoms with Gasteiger partial charge in [0, 0.05) is 13.0 Å². The molecular formula is C10H14FNO. The van der Waals surface area contributed by atoms with Crippen molar-refractivity contribution in [3.05, 3.63) is 35.4 Å². The Hall–Kier alpha value is -0.930. The summed E-state index contributed by atoms with van der Waals surface area (Å²) in [5.74, 6) is 0. The van der Waals surface area contributed by atoms with Gasteiger partial charge in [0.25, 0.3) is 0 Å². The fourth-order valence-corrected chi connectivity index (χ4v) is 1.20. The molecule has 0 aromatic heterocycles. The van der Waals surface area contributed by atoms with Crippen LogP contribution in [0.15, 0.2) is 24.3 Å². The van der Waals surface area contributed by atoms with E-state index in [4.69, 9.17) is 5.73 Å². The Kier molecular flexibility index (Phi) is 3.86. The van der Waals surface area contributed by atoms with Gasteiger partial charge in [-0.15, -0.1) is 0 Å². The Morgan fingerprint density at radius 2 is 2.23 bits per heavy atom. The van der Waals surface area contributed by atoms with Crippen LogP contribution in [0.4, 0.5) is 4.39 Å². The lowest BCUT2D eigenvalue weighted by atomic mass is 10.0. The van der Waals surface area contributed by atoms with Gasteiger partial charge in [0.15, 0.2) is 0 Å². The first-order chi connectivity index (χ1) is 6.27. The third-order valence-corrected chi connectivity index (χ3v) is 1.94. The SMILES string of the molecule is NCC(O)c1cccc(CCF)c1. The molecule has 1 unspecified atom stereocenters. The highest BCUT2D eigenvalue weighted by Crippen LogP contribution is 2.13. The van der Waals surface area contributed by atoms with Crippen LogP contribution in [-0.2, 0) is 6.42 Å². The molecule has 0 bridgehead atoms. The van der Waals surface area contributed by atoms with E-state index in [2.05, 4.69) is 0 Å². The first-order valence-corrected chi connectivity index (χ1v) is 4.31. The normalized spacial score (nSPS) is 12.8. The first kappa shape index (κ1) is 10.2. The van der Waals surface area contributed by atoms with Crippen LogP contribution in [0.3, 0.4) is 0 Å². The number of aryl methyl sites for hydroxylation is 1. The largest absolute Gasteiger partial charge is 0.387 e. The third-order valence-electron chi connectivity index (χ3n) is 1.94. The van der Waals surface area contributed by atoms with Gasteiger partial charge in [-0.2, -0.15) is 0 Å². The number of aliphatic hydroxyl groups is 1. The minimum absolute atomic E-state index is 0.194. The second-order valence-corrected chi connectivity index (χ2v) is 2.94. The van der Waals surface area contributed by atoms with Gasteiger partial charge in [-0.1, -0.05) is 24.3 Å². The van der Waals surface area contributed by atoms with Crippen molar-refractivity contribution in [2.75, 3.05) is 13.2 Å². The smallest absolute Gasteiger partial charge is 0.0934 e. The monoisotopic (exact) mass is 183 g/mol. The van der Waals surface area contributed by atoms with Gasteiger partial charge in [0.1, 0.15) is 0 Å². The summed E-state index contributed by atoms with van der Waals surface area (Å²) in [6.07, 6.45) is -0.245. The zero-order chi connectivity index (χ0) is 9.68. The number of aliphatic hydroxyl groups excluding tert-OH is 1. The third kappa shape index (κ3) is 2.79. The number of rotatable bonds is 4. The highest BCUT2D eigenvalue weighted by atomic mass is 19.1. The molecule has 0 saturated carbocycles. The molecule has 1 atom stereocenters. The van der Waals surface area contributed by atoms with E-state index in [9.17, 15) is 9.50 Å². The quantitative estimate of drug-likeness (QED) is 0.736. The van der Waals surface area contributed by atoms with Crippen LogP contribution in [0, 0.1) is 0 Å². The zero-order valence-corrected chi connectivity index (χ0v) is 7.41. The fraction of sp³-hybridized carbons (Fsp3) is 0.400. The van der Waals surface area contributed by atoms with Crippen LogP contribution in [0.5, 0.6) is 0 Å². The second-order valence-electron chi connectivity index (χ2n) is 2.94. The molecule has 0 aliphatic heterocycles. The second kappa shape index (κ2) is 4.94. The standard InChI is InChI=1S/C10H14FNO/c11-5-4-8-2-1-3-9(6-8)10(13)7-12/h1-3,6,10,13H,4-5,7,12H2. The molecule has 0 spiro atoms. The van der Waals surface area contributed by atoms with Crippen LogP contribution in [0.2, 0.25) is 0 Å². The summed E-state index contributed by atoms with van der Waals surface area (Å²) in [6.45, 7) is -0.179. The van der Waals surface area contributed by atoms with E-state index in [1.165, 1.54) is 0 Å². The van der Waals surface area contributed by atoms with Gasteiger partial charge in [-0.25, -0.2) is 0 Å². The molecule has 1 aromatic carbocycles. The first-order valence-electron chi connectivity index (χ1n) is 4.31. The van der Waals surface area contributed by atoms with Crippen molar-refractivity contribution in [3.8, 4) is 0 Å². The number of alkyl halides is 1. The molecule has 2 nitrogen and oxygen atoms in total. The number of halogens is 1. The minimum Gasteiger partial charge on any atom is -0.387 e. The molecular weight excluding hydrogens is 169 g/mol. The average molecular weight is 183 g/mol. The predicted molar refractivity (Wildman–Crippen MR) is 50.1 cm³/mol. The van der Waals surface area contributed by atoms with Gasteiger partial charge in [0.05, 0.1) is 12.8 Å². The maximum Gasteiger partial charge on any atom is 0.0934 e. The van der Waals surface area contributed by atoms with Gasteiger partial charge in [-0.05, 0) is 11.1 Å². The van der Waals surface area contributed by atoms with E-state index in [1.807, 2.05) is 6.07 Å². The topological polar surface area (TPSA) is 46.2 Å². The van der Waals surface area contributed by atoms with E-state index in [0.717, 1.165) is 11.1 Å². The van der Waals surface area contributed by atoms with Gasteiger partial charge < -0.3 is 10.8 Å². The van der Waals surface area contributed by atoms with Crippen molar-refractivity contribution >= 4 is 0 Å². The van der Waals surface area contributed by atoms with Crippen LogP contribution in [-0.4, -0.2) is 18.3 Å². The van der Waals surface area contributed by atoms with E-state index < -0.39 is 6.10 Å². The van der Waals surface area contributed by atoms with Crippen molar-refractivity contribution in [2.24, 2.45) is 5.73 Å². The van der Waals surface area contributed by atoms with Crippen molar-refractivity contribution in [1.29, 1.82) is 0 Å². The van der Waals surface area contributed by atoms with Crippen molar-refractivity contribution in [2.45, 2.75) is 12.5 Å². The summed E-state index contributed by atoms with van der Waals surface area (Å²) in [5, 5.41) is 9.40. The lowest BCUT2D eigenvalue weighted by Crippen LogP contribution is -2.11. The number of benzene rings is 1. The van der Waals surface area contributed by atoms with E-state index >= 15 is 0 Å². The van der Waals surface area contributed by atoms with Crippen LogP contribution < -0.4 is 5.73 Å². The molecule has 1 aromatic rings. The zero-order valence-electron chi connectivity index (χ0n) is 7.41. The van der Waals surface area contributed by atoms with Crippen LogP contribution >= 0.6 is 0 Å². The molecule has 3 heteroatoms. The van der Waals surface area contributed by atoms with Gasteiger partial charge in [0.2, 0.25) is 0 Å². The lowest BCUT2D eigenvalue weighted by molar-refractivity contribution is 0.186. The molecule has 0 amide bonds. The maximum atomic E-state index is 12.0. The summed E-state index contributed by atoms with van der Waals surface area (Å²) >= 11 is 0. The van der Waals surface area contributed by atoms with Crippen molar-refractivity contribution in [3.63, 3.8) is 0 Å². The lowest BCUT2D eigenvalue weighted by Gasteiger charge is -2.08. The molecule has 13 heavy (non-hydrogen) atoms. The number of hydrogen-bond acceptors (Lipinski definition) is 2. The Morgan fingerprint density at radius 1 is 1.46 bits per heavy atom. The highest BCUT2D eigenvalue weighted by molar-refractivity contribution is 5.25. The molecule has 3 N–H and O–H groups in total. The summed E-state index contributed by atoms with van der Waals surface area (Å²) < 4.78 is 12.0. The summed E-state index contributed by atoms with van der Waals surface area (Å²) in [6, 6.07) is 7.22. The molecule has 0 aliphatic rings. The molecule has 0 radical (unpaired) electrons. The molecule has 0 fully saturated rings. The Bertz CT molecular complexity index is 265. The van der Waals surface area contributed by atoms with E-state index in [0.29, 0.717) is 6.42 Å². The minimum atomic E-state index is -0.639. The molecule has 0 heterocycles. The predicted octanol–water partition coefficient (Wildman–Crippen LogP) is 1.19. The summed E-state index contributed by atoms with van der Waals surface area (Å²) in [7, 11) is 0. The van der Waals surface area contributed by atoms with E-state index in [1.54, 1.807) is 18.2 Å². The summed E-state index contributed by atoms with van der Waals surface area (Å²) in [4.78, 5) is 0. The molecule has 72 valence electrons. The average Bonchev–Trinajstić information content (AvgIpc) is 2.18. The van der Waals surface area contributed by atoms with Gasteiger partial charge in [-0.3, -0.25) is 4.39 Å². The fourth-order valence-electron chi connectivity index (χ4n) is 1.20. The van der Waals surface area contributed by atoms with Crippen LogP contribution in [0.25, 0.3) is 0 Å². The Labute approximate surface area is 77.2 Å². The summed E-state index contributed by atoms with van der Waals surface area (Å²) in [5.41, 5.74) is 6.96. The maximum absolute atomic E-state index is 12.0. The number of nitrogens with two attached hydrogens (primary N) is 1. The highest BCUT2D eigenvalue weighted by Gasteiger charge is 2.04. The Balaban J connectivity index is 2.78. The molecule has 1 rings (SSSR count). The van der Waals surface area contributed by atoms with Crippen molar-refractivity contribution < 1.29 is 9.50 Å². The Morgan fingerprint density at radius 3 is 2.85 bits per heavy atom. The molecule has 0 saturated heterocycles. The number of hydrogen-bond donors (Lipinski definition) is 2.